The number of halogens is 4. The van der Waals surface area contributed by atoms with Crippen LogP contribution in [0.2, 0.25) is 0 Å². The molecule has 0 N–H and O–H groups in total. The van der Waals surface area contributed by atoms with Crippen LogP contribution in [0.15, 0.2) is 0 Å². The predicted octanol–water partition coefficient (Wildman–Crippen LogP) is 2.95. The smallest absolute Gasteiger partial charge is 0.339 e. The molecule has 0 radical (unpaired) electrons. The van der Waals surface area contributed by atoms with Gasteiger partial charge in [-0.25, -0.2) is 0 Å². The molecule has 0 heterocycles. The van der Waals surface area contributed by atoms with Gasteiger partial charge in [0.05, 0.1) is 6.42 Å². The Bertz CT molecular complexity index is 241. The Morgan fingerprint density at radius 3 is 2.38 bits per heavy atom. The minimum Gasteiger partial charge on any atom is -0.339 e. The summed E-state index contributed by atoms with van der Waals surface area (Å²) in [4.78, 5) is 13.1. The van der Waals surface area contributed by atoms with E-state index in [9.17, 15) is 18.0 Å². The molecule has 6 heteroatoms. The molecule has 16 heavy (non-hydrogen) atoms. The molecule has 0 spiro atoms. The first-order chi connectivity index (χ1) is 7.44. The van der Waals surface area contributed by atoms with Crippen LogP contribution in [-0.2, 0) is 4.79 Å². The van der Waals surface area contributed by atoms with Crippen LogP contribution in [0.25, 0.3) is 0 Å². The summed E-state index contributed by atoms with van der Waals surface area (Å²) in [5, 5.41) is 0. The lowest BCUT2D eigenvalue weighted by Gasteiger charge is -2.37. The molecule has 0 atom stereocenters. The molecule has 1 aliphatic carbocycles. The van der Waals surface area contributed by atoms with Crippen LogP contribution in [0.5, 0.6) is 0 Å². The van der Waals surface area contributed by atoms with Crippen molar-refractivity contribution in [1.82, 2.24) is 4.90 Å². The lowest BCUT2D eigenvalue weighted by molar-refractivity contribution is -0.151. The zero-order chi connectivity index (χ0) is 12.2. The summed E-state index contributed by atoms with van der Waals surface area (Å²) in [6.45, 7) is 0.350. The van der Waals surface area contributed by atoms with Crippen LogP contribution in [0.1, 0.15) is 32.1 Å². The highest BCUT2D eigenvalue weighted by molar-refractivity contribution is 6.18. The van der Waals surface area contributed by atoms with Gasteiger partial charge in [-0.15, -0.1) is 11.6 Å². The van der Waals surface area contributed by atoms with E-state index in [1.165, 1.54) is 4.90 Å². The van der Waals surface area contributed by atoms with E-state index in [0.29, 0.717) is 6.54 Å². The van der Waals surface area contributed by atoms with Gasteiger partial charge in [-0.05, 0) is 19.3 Å². The van der Waals surface area contributed by atoms with E-state index >= 15 is 0 Å². The third-order valence-electron chi connectivity index (χ3n) is 2.78. The third kappa shape index (κ3) is 4.20. The molecule has 1 amide bonds. The van der Waals surface area contributed by atoms with Crippen molar-refractivity contribution in [2.24, 2.45) is 0 Å². The summed E-state index contributed by atoms with van der Waals surface area (Å²) in [6, 6.07) is 0.111. The van der Waals surface area contributed by atoms with Crippen LogP contribution in [0.4, 0.5) is 13.2 Å². The van der Waals surface area contributed by atoms with E-state index in [0.717, 1.165) is 19.3 Å². The second-order valence-electron chi connectivity index (χ2n) is 3.98. The highest BCUT2D eigenvalue weighted by Gasteiger charge is 2.32. The second kappa shape index (κ2) is 5.75. The van der Waals surface area contributed by atoms with Crippen LogP contribution in [0.3, 0.4) is 0 Å². The maximum Gasteiger partial charge on any atom is 0.389 e. The Hall–Kier alpha value is -0.450. The summed E-state index contributed by atoms with van der Waals surface area (Å²) in [7, 11) is 0. The van der Waals surface area contributed by atoms with Gasteiger partial charge in [-0.3, -0.25) is 4.79 Å². The van der Waals surface area contributed by atoms with Gasteiger partial charge in [-0.2, -0.15) is 13.2 Å². The van der Waals surface area contributed by atoms with Gasteiger partial charge in [0.25, 0.3) is 0 Å². The highest BCUT2D eigenvalue weighted by Crippen LogP contribution is 2.27. The summed E-state index contributed by atoms with van der Waals surface area (Å²) in [5.41, 5.74) is 0. The van der Waals surface area contributed by atoms with Crippen molar-refractivity contribution in [3.8, 4) is 0 Å². The van der Waals surface area contributed by atoms with Crippen LogP contribution < -0.4 is 0 Å². The van der Waals surface area contributed by atoms with Gasteiger partial charge < -0.3 is 4.90 Å². The minimum absolute atomic E-state index is 0.111. The maximum absolute atomic E-state index is 12.0. The summed E-state index contributed by atoms with van der Waals surface area (Å²) in [5.74, 6) is -0.156. The van der Waals surface area contributed by atoms with Crippen molar-refractivity contribution in [3.05, 3.63) is 0 Å². The fourth-order valence-electron chi connectivity index (χ4n) is 1.69. The van der Waals surface area contributed by atoms with E-state index in [2.05, 4.69) is 0 Å². The lowest BCUT2D eigenvalue weighted by Crippen LogP contribution is -2.45. The monoisotopic (exact) mass is 257 g/mol. The molecular weight excluding hydrogens is 243 g/mol. The first-order valence-electron chi connectivity index (χ1n) is 5.36. The summed E-state index contributed by atoms with van der Waals surface area (Å²) in [6.07, 6.45) is -2.96. The zero-order valence-corrected chi connectivity index (χ0v) is 9.65. The number of carbonyl (C=O) groups is 1. The fraction of sp³-hybridized carbons (Fsp3) is 0.900. The number of nitrogens with zero attached hydrogens (tertiary/aromatic N) is 1. The first-order valence-corrected chi connectivity index (χ1v) is 5.89. The largest absolute Gasteiger partial charge is 0.389 e. The standard InChI is InChI=1S/C10H15ClF3NO/c11-6-7-15(8-2-1-3-8)9(16)4-5-10(12,13)14/h8H,1-7H2. The number of rotatable bonds is 5. The van der Waals surface area contributed by atoms with Gasteiger partial charge in [-0.1, -0.05) is 0 Å². The van der Waals surface area contributed by atoms with Gasteiger partial charge in [0.2, 0.25) is 5.91 Å². The second-order valence-corrected chi connectivity index (χ2v) is 4.35. The predicted molar refractivity (Wildman–Crippen MR) is 55.4 cm³/mol. The maximum atomic E-state index is 12.0. The number of carbonyl (C=O) groups excluding carboxylic acids is 1. The molecule has 0 aromatic carbocycles. The molecule has 1 rings (SSSR count). The number of alkyl halides is 4. The molecule has 94 valence electrons. The number of hydrogen-bond acceptors (Lipinski definition) is 1. The van der Waals surface area contributed by atoms with E-state index < -0.39 is 24.9 Å². The minimum atomic E-state index is -4.26. The van der Waals surface area contributed by atoms with Crippen molar-refractivity contribution < 1.29 is 18.0 Å². The quantitative estimate of drug-likeness (QED) is 0.694. The average molecular weight is 258 g/mol. The Labute approximate surface area is 97.7 Å². The third-order valence-corrected chi connectivity index (χ3v) is 2.95. The van der Waals surface area contributed by atoms with Crippen molar-refractivity contribution in [1.29, 1.82) is 0 Å². The van der Waals surface area contributed by atoms with E-state index in [1.807, 2.05) is 0 Å². The SMILES string of the molecule is O=C(CCC(F)(F)F)N(CCCl)C1CCC1. The van der Waals surface area contributed by atoms with Crippen molar-refractivity contribution in [2.45, 2.75) is 44.3 Å². The lowest BCUT2D eigenvalue weighted by atomic mass is 9.91. The first kappa shape index (κ1) is 13.6. The van der Waals surface area contributed by atoms with E-state index in [1.54, 1.807) is 0 Å². The van der Waals surface area contributed by atoms with E-state index in [-0.39, 0.29) is 11.9 Å². The van der Waals surface area contributed by atoms with Gasteiger partial charge in [0, 0.05) is 24.9 Å². The molecule has 0 aromatic heterocycles. The normalized spacial score (nSPS) is 17.0. The molecule has 2 nitrogen and oxygen atoms in total. The molecule has 0 unspecified atom stereocenters. The Morgan fingerprint density at radius 1 is 1.38 bits per heavy atom. The summed E-state index contributed by atoms with van der Waals surface area (Å²) >= 11 is 5.54. The molecule has 0 aromatic rings. The Morgan fingerprint density at radius 2 is 2.00 bits per heavy atom. The van der Waals surface area contributed by atoms with Crippen molar-refractivity contribution in [3.63, 3.8) is 0 Å². The topological polar surface area (TPSA) is 20.3 Å². The molecule has 1 saturated carbocycles. The number of amides is 1. The van der Waals surface area contributed by atoms with Crippen molar-refractivity contribution in [2.75, 3.05) is 12.4 Å². The Kier molecular flexibility index (Phi) is 4.89. The van der Waals surface area contributed by atoms with Gasteiger partial charge >= 0.3 is 6.18 Å². The van der Waals surface area contributed by atoms with Gasteiger partial charge in [0.1, 0.15) is 0 Å². The fourth-order valence-corrected chi connectivity index (χ4v) is 1.87. The molecule has 0 aliphatic heterocycles. The molecular formula is C10H15ClF3NO. The van der Waals surface area contributed by atoms with Crippen LogP contribution in [-0.4, -0.2) is 35.4 Å². The number of hydrogen-bond donors (Lipinski definition) is 0. The van der Waals surface area contributed by atoms with Crippen LogP contribution in [0, 0.1) is 0 Å². The molecule has 0 saturated heterocycles. The zero-order valence-electron chi connectivity index (χ0n) is 8.89. The summed E-state index contributed by atoms with van der Waals surface area (Å²) < 4.78 is 35.9. The average Bonchev–Trinajstić information content (AvgIpc) is 2.09. The Balaban J connectivity index is 2.41. The van der Waals surface area contributed by atoms with Crippen LogP contribution >= 0.6 is 11.6 Å². The highest BCUT2D eigenvalue weighted by atomic mass is 35.5. The molecule has 1 aliphatic rings. The van der Waals surface area contributed by atoms with E-state index in [4.69, 9.17) is 11.6 Å². The molecule has 0 bridgehead atoms. The van der Waals surface area contributed by atoms with Crippen molar-refractivity contribution >= 4 is 17.5 Å². The molecule has 1 fully saturated rings. The van der Waals surface area contributed by atoms with Gasteiger partial charge in [0.15, 0.2) is 0 Å².